The first kappa shape index (κ1) is 16.7. The smallest absolute Gasteiger partial charge is 0.214 e. The number of hydrazone groups is 1. The van der Waals surface area contributed by atoms with Crippen LogP contribution < -0.4 is 9.47 Å². The van der Waals surface area contributed by atoms with E-state index in [-0.39, 0.29) is 11.9 Å². The summed E-state index contributed by atoms with van der Waals surface area (Å²) in [7, 11) is 1.62. The zero-order chi connectivity index (χ0) is 19.1. The lowest BCUT2D eigenvalue weighted by Gasteiger charge is -2.38. The molecule has 5 nitrogen and oxygen atoms in total. The lowest BCUT2D eigenvalue weighted by Crippen LogP contribution is -2.34. The molecule has 0 aliphatic carbocycles. The fraction of sp³-hybridized carbons (Fsp3) is 0.182. The molecule has 0 unspecified atom stereocenters. The Morgan fingerprint density at radius 2 is 2.04 bits per heavy atom. The van der Waals surface area contributed by atoms with Crippen LogP contribution >= 0.6 is 0 Å². The minimum Gasteiger partial charge on any atom is -0.493 e. The van der Waals surface area contributed by atoms with Crippen LogP contribution in [-0.4, -0.2) is 22.8 Å². The van der Waals surface area contributed by atoms with E-state index < -0.39 is 6.23 Å². The Bertz CT molecular complexity index is 1050. The number of rotatable bonds is 3. The van der Waals surface area contributed by atoms with Crippen molar-refractivity contribution in [2.75, 3.05) is 7.11 Å². The third kappa shape index (κ3) is 2.69. The van der Waals surface area contributed by atoms with Crippen molar-refractivity contribution in [1.29, 1.82) is 0 Å². The zero-order valence-electron chi connectivity index (χ0n) is 15.2. The van der Waals surface area contributed by atoms with Gasteiger partial charge in [-0.1, -0.05) is 30.3 Å². The number of hydrogen-bond donors (Lipinski definition) is 0. The molecule has 0 saturated carbocycles. The van der Waals surface area contributed by atoms with Gasteiger partial charge < -0.3 is 9.47 Å². The van der Waals surface area contributed by atoms with Crippen molar-refractivity contribution >= 4 is 5.71 Å². The van der Waals surface area contributed by atoms with Crippen molar-refractivity contribution in [2.45, 2.75) is 18.7 Å². The number of ether oxygens (including phenoxy) is 2. The Labute approximate surface area is 162 Å². The van der Waals surface area contributed by atoms with Gasteiger partial charge in [0.05, 0.1) is 18.9 Å². The van der Waals surface area contributed by atoms with E-state index in [1.54, 1.807) is 19.4 Å². The summed E-state index contributed by atoms with van der Waals surface area (Å²) in [5, 5.41) is 6.76. The third-order valence-electron chi connectivity index (χ3n) is 5.13. The van der Waals surface area contributed by atoms with E-state index in [1.165, 1.54) is 12.1 Å². The molecule has 2 atom stereocenters. The number of benzene rings is 2. The van der Waals surface area contributed by atoms with Crippen molar-refractivity contribution in [3.8, 4) is 11.5 Å². The molecule has 6 heteroatoms. The molecule has 3 heterocycles. The second-order valence-electron chi connectivity index (χ2n) is 6.79. The Morgan fingerprint density at radius 1 is 1.14 bits per heavy atom. The van der Waals surface area contributed by atoms with Gasteiger partial charge in [0.1, 0.15) is 5.82 Å². The zero-order valence-corrected chi connectivity index (χ0v) is 15.2. The third-order valence-corrected chi connectivity index (χ3v) is 5.13. The second-order valence-corrected chi connectivity index (χ2v) is 6.79. The summed E-state index contributed by atoms with van der Waals surface area (Å²) in [6.07, 6.45) is 3.72. The van der Waals surface area contributed by atoms with Gasteiger partial charge in [0.25, 0.3) is 0 Å². The minimum absolute atomic E-state index is 0.0256. The van der Waals surface area contributed by atoms with E-state index in [4.69, 9.17) is 14.6 Å². The molecule has 0 saturated heterocycles. The minimum atomic E-state index is -0.543. The molecule has 0 fully saturated rings. The molecular weight excluding hydrogens is 357 g/mol. The van der Waals surface area contributed by atoms with Gasteiger partial charge in [-0.2, -0.15) is 5.10 Å². The van der Waals surface area contributed by atoms with Crippen molar-refractivity contribution in [2.24, 2.45) is 5.10 Å². The molecule has 28 heavy (non-hydrogen) atoms. The number of para-hydroxylation sites is 1. The van der Waals surface area contributed by atoms with Crippen LogP contribution in [0.2, 0.25) is 0 Å². The quantitative estimate of drug-likeness (QED) is 0.678. The molecule has 2 aliphatic rings. The van der Waals surface area contributed by atoms with E-state index in [9.17, 15) is 4.39 Å². The largest absolute Gasteiger partial charge is 0.493 e. The molecule has 2 aliphatic heterocycles. The summed E-state index contributed by atoms with van der Waals surface area (Å²) >= 11 is 0. The lowest BCUT2D eigenvalue weighted by atomic mass is 9.96. The Kier molecular flexibility index (Phi) is 3.97. The highest BCUT2D eigenvalue weighted by Gasteiger charge is 2.42. The van der Waals surface area contributed by atoms with Crippen LogP contribution in [-0.2, 0) is 0 Å². The molecule has 2 aromatic carbocycles. The first-order valence-electron chi connectivity index (χ1n) is 9.10. The van der Waals surface area contributed by atoms with Crippen LogP contribution in [0.25, 0.3) is 0 Å². The SMILES string of the molecule is COc1cccc2c1O[C@@H](c1cccc(F)c1)N1N=C(c3cccnc3)C[C@@H]21. The monoisotopic (exact) mass is 375 g/mol. The normalized spacial score (nSPS) is 20.1. The van der Waals surface area contributed by atoms with Crippen molar-refractivity contribution in [3.05, 3.63) is 89.5 Å². The molecule has 0 N–H and O–H groups in total. The topological polar surface area (TPSA) is 47.0 Å². The molecule has 3 aromatic rings. The van der Waals surface area contributed by atoms with Crippen molar-refractivity contribution in [3.63, 3.8) is 0 Å². The number of fused-ring (bicyclic) bond motifs is 3. The first-order chi connectivity index (χ1) is 13.7. The molecule has 140 valence electrons. The summed E-state index contributed by atoms with van der Waals surface area (Å²) in [6, 6.07) is 16.2. The number of pyridine rings is 1. The van der Waals surface area contributed by atoms with E-state index in [1.807, 2.05) is 47.6 Å². The molecule has 5 rings (SSSR count). The number of aromatic nitrogens is 1. The van der Waals surface area contributed by atoms with E-state index >= 15 is 0 Å². The second kappa shape index (κ2) is 6.64. The van der Waals surface area contributed by atoms with Crippen LogP contribution in [0, 0.1) is 5.82 Å². The van der Waals surface area contributed by atoms with Gasteiger partial charge in [-0.3, -0.25) is 4.98 Å². The summed E-state index contributed by atoms with van der Waals surface area (Å²) in [6.45, 7) is 0. The number of methoxy groups -OCH3 is 1. The van der Waals surface area contributed by atoms with Crippen molar-refractivity contribution in [1.82, 2.24) is 9.99 Å². The highest BCUT2D eigenvalue weighted by Crippen LogP contribution is 2.50. The number of nitrogens with zero attached hydrogens (tertiary/aromatic N) is 3. The fourth-order valence-corrected chi connectivity index (χ4v) is 3.83. The van der Waals surface area contributed by atoms with Crippen LogP contribution in [0.4, 0.5) is 4.39 Å². The van der Waals surface area contributed by atoms with Gasteiger partial charge in [-0.25, -0.2) is 9.40 Å². The summed E-state index contributed by atoms with van der Waals surface area (Å²) in [5.41, 5.74) is 3.62. The maximum atomic E-state index is 13.9. The predicted molar refractivity (Wildman–Crippen MR) is 103 cm³/mol. The standard InChI is InChI=1S/C22H18FN3O2/c1-27-20-9-3-8-17-19-12-18(15-6-4-10-24-13-15)25-26(19)22(28-21(17)20)14-5-2-7-16(23)11-14/h2-11,13,19,22H,12H2,1H3/t19-,22-/m0/s1. The van der Waals surface area contributed by atoms with Crippen LogP contribution in [0.1, 0.15) is 35.4 Å². The van der Waals surface area contributed by atoms with Gasteiger partial charge in [-0.15, -0.1) is 0 Å². The van der Waals surface area contributed by atoms with Crippen molar-refractivity contribution < 1.29 is 13.9 Å². The first-order valence-corrected chi connectivity index (χ1v) is 9.10. The highest BCUT2D eigenvalue weighted by molar-refractivity contribution is 6.01. The van der Waals surface area contributed by atoms with E-state index in [0.29, 0.717) is 23.5 Å². The molecular formula is C22H18FN3O2. The Hall–Kier alpha value is -3.41. The average molecular weight is 375 g/mol. The van der Waals surface area contributed by atoms with Gasteiger partial charge in [-0.05, 0) is 24.3 Å². The molecule has 0 spiro atoms. The van der Waals surface area contributed by atoms with E-state index in [0.717, 1.165) is 16.8 Å². The summed E-state index contributed by atoms with van der Waals surface area (Å²) < 4.78 is 25.7. The van der Waals surface area contributed by atoms with Crippen LogP contribution in [0.3, 0.4) is 0 Å². The van der Waals surface area contributed by atoms with Crippen LogP contribution in [0.15, 0.2) is 72.1 Å². The van der Waals surface area contributed by atoms with Gasteiger partial charge in [0.15, 0.2) is 11.5 Å². The molecule has 0 radical (unpaired) electrons. The van der Waals surface area contributed by atoms with Gasteiger partial charge in [0, 0.05) is 35.5 Å². The molecule has 1 aromatic heterocycles. The lowest BCUT2D eigenvalue weighted by molar-refractivity contribution is -0.0210. The molecule has 0 bridgehead atoms. The highest BCUT2D eigenvalue weighted by atomic mass is 19.1. The maximum Gasteiger partial charge on any atom is 0.214 e. The average Bonchev–Trinajstić information content (AvgIpc) is 3.19. The summed E-state index contributed by atoms with van der Waals surface area (Å²) in [4.78, 5) is 4.21. The number of hydrogen-bond acceptors (Lipinski definition) is 5. The van der Waals surface area contributed by atoms with Crippen LogP contribution in [0.5, 0.6) is 11.5 Å². The Morgan fingerprint density at radius 3 is 2.82 bits per heavy atom. The van der Waals surface area contributed by atoms with Gasteiger partial charge >= 0.3 is 0 Å². The van der Waals surface area contributed by atoms with Gasteiger partial charge in [0.2, 0.25) is 6.23 Å². The predicted octanol–water partition coefficient (Wildman–Crippen LogP) is 4.47. The van der Waals surface area contributed by atoms with E-state index in [2.05, 4.69) is 4.98 Å². The Balaban J connectivity index is 1.64. The maximum absolute atomic E-state index is 13.9. The fourth-order valence-electron chi connectivity index (χ4n) is 3.83. The summed E-state index contributed by atoms with van der Waals surface area (Å²) in [5.74, 6) is 1.04. The number of halogens is 1. The molecule has 0 amide bonds.